The van der Waals surface area contributed by atoms with Crippen LogP contribution in [0.15, 0.2) is 72.1 Å². The smallest absolute Gasteiger partial charge is 0.268 e. The number of amides is 1. The zero-order valence-corrected chi connectivity index (χ0v) is 14.9. The lowest BCUT2D eigenvalue weighted by Crippen LogP contribution is -2.22. The molecule has 5 heteroatoms. The fraction of sp³-hybridized carbons (Fsp3) is 0.0952. The summed E-state index contributed by atoms with van der Waals surface area (Å²) in [5.41, 5.74) is 2.53. The number of benzene rings is 2. The van der Waals surface area contributed by atoms with Crippen LogP contribution in [0.5, 0.6) is 5.75 Å². The molecular formula is C21H18N2O2S. The van der Waals surface area contributed by atoms with Crippen molar-refractivity contribution in [3.8, 4) is 5.75 Å². The highest BCUT2D eigenvalue weighted by Gasteiger charge is 2.12. The number of aromatic amines is 1. The molecule has 26 heavy (non-hydrogen) atoms. The highest BCUT2D eigenvalue weighted by Crippen LogP contribution is 2.27. The Bertz CT molecular complexity index is 1010. The van der Waals surface area contributed by atoms with Gasteiger partial charge in [0.05, 0.1) is 6.54 Å². The van der Waals surface area contributed by atoms with E-state index in [1.807, 2.05) is 72.1 Å². The van der Waals surface area contributed by atoms with E-state index in [1.165, 1.54) is 0 Å². The summed E-state index contributed by atoms with van der Waals surface area (Å²) < 4.78 is 5.97. The molecule has 0 radical (unpaired) electrons. The van der Waals surface area contributed by atoms with Gasteiger partial charge in [-0.25, -0.2) is 0 Å². The zero-order valence-electron chi connectivity index (χ0n) is 14.1. The van der Waals surface area contributed by atoms with Gasteiger partial charge in [0.25, 0.3) is 5.91 Å². The number of thiophene rings is 1. The number of hydrogen-bond acceptors (Lipinski definition) is 3. The van der Waals surface area contributed by atoms with Crippen molar-refractivity contribution >= 4 is 28.1 Å². The Hall–Kier alpha value is -3.05. The predicted octanol–water partition coefficient (Wildman–Crippen LogP) is 4.74. The molecule has 0 aliphatic carbocycles. The summed E-state index contributed by atoms with van der Waals surface area (Å²) >= 11 is 1.63. The maximum atomic E-state index is 12.4. The van der Waals surface area contributed by atoms with Gasteiger partial charge in [-0.2, -0.15) is 0 Å². The summed E-state index contributed by atoms with van der Waals surface area (Å²) in [7, 11) is 0. The van der Waals surface area contributed by atoms with Crippen molar-refractivity contribution in [3.05, 3.63) is 88.2 Å². The van der Waals surface area contributed by atoms with Crippen molar-refractivity contribution in [2.45, 2.75) is 13.2 Å². The second-order valence-corrected chi connectivity index (χ2v) is 6.97. The normalized spacial score (nSPS) is 10.8. The molecule has 2 aromatic heterocycles. The first-order valence-corrected chi connectivity index (χ1v) is 9.26. The van der Waals surface area contributed by atoms with E-state index in [-0.39, 0.29) is 5.91 Å². The van der Waals surface area contributed by atoms with Crippen molar-refractivity contribution in [2.24, 2.45) is 0 Å². The second-order valence-electron chi connectivity index (χ2n) is 5.94. The van der Waals surface area contributed by atoms with E-state index >= 15 is 0 Å². The summed E-state index contributed by atoms with van der Waals surface area (Å²) in [6.45, 7) is 1.02. The van der Waals surface area contributed by atoms with Crippen molar-refractivity contribution in [1.29, 1.82) is 0 Å². The summed E-state index contributed by atoms with van der Waals surface area (Å²) in [5.74, 6) is 0.642. The Morgan fingerprint density at radius 1 is 1.04 bits per heavy atom. The van der Waals surface area contributed by atoms with Crippen LogP contribution >= 0.6 is 11.3 Å². The number of carbonyl (C=O) groups excluding carboxylic acids is 1. The summed E-state index contributed by atoms with van der Waals surface area (Å²) in [5, 5.41) is 5.85. The van der Waals surface area contributed by atoms with Crippen LogP contribution in [0, 0.1) is 0 Å². The van der Waals surface area contributed by atoms with Gasteiger partial charge in [-0.15, -0.1) is 11.3 Å². The third-order valence-corrected chi connectivity index (χ3v) is 4.99. The van der Waals surface area contributed by atoms with Crippen molar-refractivity contribution in [1.82, 2.24) is 10.3 Å². The molecule has 0 atom stereocenters. The summed E-state index contributed by atoms with van der Waals surface area (Å²) in [6.07, 6.45) is 0. The van der Waals surface area contributed by atoms with Crippen LogP contribution in [0.2, 0.25) is 0 Å². The number of nitrogens with one attached hydrogen (secondary N) is 2. The molecule has 2 N–H and O–H groups in total. The van der Waals surface area contributed by atoms with Crippen LogP contribution in [-0.2, 0) is 13.2 Å². The molecule has 4 rings (SSSR count). The maximum absolute atomic E-state index is 12.4. The van der Waals surface area contributed by atoms with Crippen LogP contribution < -0.4 is 10.1 Å². The molecule has 130 valence electrons. The van der Waals surface area contributed by atoms with Crippen molar-refractivity contribution in [2.75, 3.05) is 0 Å². The average Bonchev–Trinajstić information content (AvgIpc) is 3.35. The molecule has 0 fully saturated rings. The van der Waals surface area contributed by atoms with E-state index in [1.54, 1.807) is 11.3 Å². The number of fused-ring (bicyclic) bond motifs is 1. The van der Waals surface area contributed by atoms with E-state index in [9.17, 15) is 4.79 Å². The molecule has 0 saturated carbocycles. The zero-order chi connectivity index (χ0) is 17.8. The number of carbonyl (C=O) groups is 1. The van der Waals surface area contributed by atoms with Crippen LogP contribution in [0.1, 0.15) is 20.9 Å². The molecule has 4 nitrogen and oxygen atoms in total. The Morgan fingerprint density at radius 3 is 2.73 bits per heavy atom. The maximum Gasteiger partial charge on any atom is 0.268 e. The molecule has 2 aromatic carbocycles. The van der Waals surface area contributed by atoms with E-state index in [2.05, 4.69) is 10.3 Å². The largest absolute Gasteiger partial charge is 0.488 e. The Morgan fingerprint density at radius 2 is 1.92 bits per heavy atom. The summed E-state index contributed by atoms with van der Waals surface area (Å²) in [4.78, 5) is 16.7. The first-order valence-electron chi connectivity index (χ1n) is 8.38. The third-order valence-electron chi connectivity index (χ3n) is 4.11. The molecule has 1 amide bonds. The fourth-order valence-corrected chi connectivity index (χ4v) is 3.43. The van der Waals surface area contributed by atoms with Gasteiger partial charge in [0.1, 0.15) is 18.1 Å². The van der Waals surface area contributed by atoms with Gasteiger partial charge in [-0.05, 0) is 35.2 Å². The molecule has 0 saturated heterocycles. The first-order chi connectivity index (χ1) is 12.8. The Labute approximate surface area is 155 Å². The topological polar surface area (TPSA) is 54.1 Å². The lowest BCUT2D eigenvalue weighted by atomic mass is 10.2. The van der Waals surface area contributed by atoms with E-state index in [4.69, 9.17) is 4.74 Å². The van der Waals surface area contributed by atoms with E-state index in [0.29, 0.717) is 18.8 Å². The monoisotopic (exact) mass is 362 g/mol. The van der Waals surface area contributed by atoms with Crippen LogP contribution in [0.3, 0.4) is 0 Å². The third kappa shape index (κ3) is 3.63. The van der Waals surface area contributed by atoms with Gasteiger partial charge in [0.2, 0.25) is 0 Å². The number of rotatable bonds is 6. The average molecular weight is 362 g/mol. The molecule has 0 aliphatic rings. The van der Waals surface area contributed by atoms with Crippen LogP contribution in [0.25, 0.3) is 10.9 Å². The minimum absolute atomic E-state index is 0.122. The molecule has 4 aromatic rings. The molecule has 0 bridgehead atoms. The summed E-state index contributed by atoms with van der Waals surface area (Å²) in [6, 6.07) is 21.6. The van der Waals surface area contributed by atoms with Gasteiger partial charge in [0.15, 0.2) is 0 Å². The van der Waals surface area contributed by atoms with Gasteiger partial charge < -0.3 is 15.0 Å². The van der Waals surface area contributed by atoms with Gasteiger partial charge >= 0.3 is 0 Å². The van der Waals surface area contributed by atoms with Crippen LogP contribution in [-0.4, -0.2) is 10.9 Å². The standard InChI is InChI=1S/C21H18N2O2S/c24-21(22-13-16-8-5-11-26-16)19-12-17-18(23-19)9-4-10-20(17)25-14-15-6-2-1-3-7-15/h1-12,23H,13-14H2,(H,22,24). The fourth-order valence-electron chi connectivity index (χ4n) is 2.79. The second kappa shape index (κ2) is 7.45. The number of aromatic nitrogens is 1. The van der Waals surface area contributed by atoms with E-state index < -0.39 is 0 Å². The lowest BCUT2D eigenvalue weighted by molar-refractivity contribution is 0.0947. The first kappa shape index (κ1) is 16.4. The van der Waals surface area contributed by atoms with Gasteiger partial charge in [-0.1, -0.05) is 42.5 Å². The van der Waals surface area contributed by atoms with Crippen molar-refractivity contribution < 1.29 is 9.53 Å². The van der Waals surface area contributed by atoms with Gasteiger partial charge in [-0.3, -0.25) is 4.79 Å². The number of H-pyrrole nitrogens is 1. The van der Waals surface area contributed by atoms with Crippen LogP contribution in [0.4, 0.5) is 0 Å². The number of ether oxygens (including phenoxy) is 1. The SMILES string of the molecule is O=C(NCc1cccs1)c1cc2c(OCc3ccccc3)cccc2[nH]1. The Balaban J connectivity index is 1.50. The van der Waals surface area contributed by atoms with Gasteiger partial charge in [0, 0.05) is 15.8 Å². The molecule has 0 unspecified atom stereocenters. The quantitative estimate of drug-likeness (QED) is 0.521. The molecule has 0 spiro atoms. The number of hydrogen-bond donors (Lipinski definition) is 2. The highest BCUT2D eigenvalue weighted by atomic mass is 32.1. The molecule has 0 aliphatic heterocycles. The highest BCUT2D eigenvalue weighted by molar-refractivity contribution is 7.09. The minimum Gasteiger partial charge on any atom is -0.488 e. The minimum atomic E-state index is -0.122. The molecule has 2 heterocycles. The Kier molecular flexibility index (Phi) is 4.71. The molecular weight excluding hydrogens is 344 g/mol. The van der Waals surface area contributed by atoms with Crippen molar-refractivity contribution in [3.63, 3.8) is 0 Å². The van der Waals surface area contributed by atoms with E-state index in [0.717, 1.165) is 27.1 Å². The lowest BCUT2D eigenvalue weighted by Gasteiger charge is -2.07. The predicted molar refractivity (Wildman–Crippen MR) is 105 cm³/mol.